The van der Waals surface area contributed by atoms with Crippen LogP contribution in [0, 0.1) is 0 Å². The van der Waals surface area contributed by atoms with Gasteiger partial charge in [0.2, 0.25) is 15.9 Å². The maximum Gasteiger partial charge on any atom is 0.338 e. The van der Waals surface area contributed by atoms with E-state index >= 15 is 0 Å². The number of hydrogen-bond acceptors (Lipinski definition) is 6. The van der Waals surface area contributed by atoms with Gasteiger partial charge in [-0.3, -0.25) is 14.9 Å². The van der Waals surface area contributed by atoms with Gasteiger partial charge in [0.05, 0.1) is 16.9 Å². The van der Waals surface area contributed by atoms with Crippen LogP contribution in [-0.4, -0.2) is 43.7 Å². The summed E-state index contributed by atoms with van der Waals surface area (Å²) in [6, 6.07) is 22.0. The molecule has 1 N–H and O–H groups in total. The Morgan fingerprint density at radius 1 is 0.829 bits per heavy atom. The molecule has 0 radical (unpaired) electrons. The topological polar surface area (TPSA) is 110 Å². The number of imide groups is 1. The molecule has 1 heterocycles. The van der Waals surface area contributed by atoms with E-state index in [1.165, 1.54) is 28.6 Å². The maximum atomic E-state index is 13.1. The largest absolute Gasteiger partial charge is 0.452 e. The van der Waals surface area contributed by atoms with Gasteiger partial charge >= 0.3 is 5.97 Å². The second kappa shape index (κ2) is 10.6. The number of rotatable bonds is 7. The van der Waals surface area contributed by atoms with Crippen LogP contribution in [0.25, 0.3) is 0 Å². The van der Waals surface area contributed by atoms with Crippen molar-refractivity contribution in [3.63, 3.8) is 0 Å². The molecule has 4 rings (SSSR count). The van der Waals surface area contributed by atoms with Crippen LogP contribution < -0.4 is 5.32 Å². The molecule has 180 valence electrons. The summed E-state index contributed by atoms with van der Waals surface area (Å²) in [5.41, 5.74) is 2.96. The number of benzene rings is 3. The number of hydrogen-bond donors (Lipinski definition) is 1. The van der Waals surface area contributed by atoms with E-state index in [0.717, 1.165) is 16.7 Å². The van der Waals surface area contributed by atoms with Crippen molar-refractivity contribution in [2.24, 2.45) is 0 Å². The number of nitrogens with one attached hydrogen (secondary N) is 1. The highest BCUT2D eigenvalue weighted by Crippen LogP contribution is 2.25. The van der Waals surface area contributed by atoms with Crippen LogP contribution in [-0.2, 0) is 43.7 Å². The van der Waals surface area contributed by atoms with Crippen molar-refractivity contribution >= 4 is 27.8 Å². The standard InChI is InChI=1S/C26H24N2O6S/c29-24(16-19-6-2-1-3-7-19)27-25(30)18-34-26(31)21-10-12-23(13-11-21)35(32,33)28-15-14-20-8-4-5-9-22(20)17-28/h1-13H,14-18H2,(H,27,29,30). The molecule has 1 aliphatic heterocycles. The second-order valence-corrected chi connectivity index (χ2v) is 10.0. The fourth-order valence-electron chi connectivity index (χ4n) is 3.82. The summed E-state index contributed by atoms with van der Waals surface area (Å²) in [6.45, 7) is 0.0360. The van der Waals surface area contributed by atoms with E-state index in [9.17, 15) is 22.8 Å². The Kier molecular flexibility index (Phi) is 7.38. The molecule has 0 atom stereocenters. The van der Waals surface area contributed by atoms with Gasteiger partial charge in [-0.05, 0) is 47.4 Å². The summed E-state index contributed by atoms with van der Waals surface area (Å²) in [5, 5.41) is 2.17. The van der Waals surface area contributed by atoms with Crippen LogP contribution in [0.3, 0.4) is 0 Å². The van der Waals surface area contributed by atoms with Gasteiger partial charge in [-0.15, -0.1) is 0 Å². The van der Waals surface area contributed by atoms with Crippen LogP contribution in [0.1, 0.15) is 27.0 Å². The molecular weight excluding hydrogens is 468 g/mol. The van der Waals surface area contributed by atoms with Crippen molar-refractivity contribution in [2.45, 2.75) is 24.3 Å². The highest BCUT2D eigenvalue weighted by Gasteiger charge is 2.28. The molecule has 8 nitrogen and oxygen atoms in total. The smallest absolute Gasteiger partial charge is 0.338 e. The van der Waals surface area contributed by atoms with Crippen molar-refractivity contribution in [2.75, 3.05) is 13.2 Å². The van der Waals surface area contributed by atoms with Gasteiger partial charge in [0, 0.05) is 13.1 Å². The van der Waals surface area contributed by atoms with E-state index in [1.807, 2.05) is 30.3 Å². The normalized spacial score (nSPS) is 13.5. The lowest BCUT2D eigenvalue weighted by atomic mass is 10.0. The summed E-state index contributed by atoms with van der Waals surface area (Å²) < 4.78 is 32.5. The van der Waals surface area contributed by atoms with Crippen molar-refractivity contribution in [1.82, 2.24) is 9.62 Å². The van der Waals surface area contributed by atoms with Crippen LogP contribution in [0.5, 0.6) is 0 Å². The number of carbonyl (C=O) groups excluding carboxylic acids is 3. The zero-order valence-electron chi connectivity index (χ0n) is 18.8. The summed E-state index contributed by atoms with van der Waals surface area (Å²) in [4.78, 5) is 36.2. The lowest BCUT2D eigenvalue weighted by Crippen LogP contribution is -2.36. The molecular formula is C26H24N2O6S. The number of nitrogens with zero attached hydrogens (tertiary/aromatic N) is 1. The molecule has 0 spiro atoms. The molecule has 3 aromatic rings. The minimum absolute atomic E-state index is 0.0269. The minimum Gasteiger partial charge on any atom is -0.452 e. The number of sulfonamides is 1. The third kappa shape index (κ3) is 6.00. The highest BCUT2D eigenvalue weighted by atomic mass is 32.2. The number of amides is 2. The second-order valence-electron chi connectivity index (χ2n) is 8.09. The average Bonchev–Trinajstić information content (AvgIpc) is 2.87. The van der Waals surface area contributed by atoms with Gasteiger partial charge in [0.15, 0.2) is 6.61 Å². The van der Waals surface area contributed by atoms with E-state index < -0.39 is 34.4 Å². The van der Waals surface area contributed by atoms with Gasteiger partial charge in [-0.25, -0.2) is 13.2 Å². The summed E-state index contributed by atoms with van der Waals surface area (Å²) >= 11 is 0. The van der Waals surface area contributed by atoms with Gasteiger partial charge in [-0.1, -0.05) is 54.6 Å². The third-order valence-corrected chi connectivity index (χ3v) is 7.50. The first-order valence-corrected chi connectivity index (χ1v) is 12.5. The molecule has 2 amide bonds. The van der Waals surface area contributed by atoms with Crippen LogP contribution in [0.2, 0.25) is 0 Å². The van der Waals surface area contributed by atoms with Gasteiger partial charge in [0.25, 0.3) is 5.91 Å². The Labute approximate surface area is 203 Å². The number of esters is 1. The Morgan fingerprint density at radius 2 is 1.49 bits per heavy atom. The minimum atomic E-state index is -3.73. The molecule has 0 saturated heterocycles. The average molecular weight is 493 g/mol. The van der Waals surface area contributed by atoms with Crippen LogP contribution in [0.15, 0.2) is 83.8 Å². The predicted molar refractivity (Wildman–Crippen MR) is 128 cm³/mol. The molecule has 0 aromatic heterocycles. The van der Waals surface area contributed by atoms with Crippen LogP contribution in [0.4, 0.5) is 0 Å². The Morgan fingerprint density at radius 3 is 2.20 bits per heavy atom. The van der Waals surface area contributed by atoms with Gasteiger partial charge in [0.1, 0.15) is 0 Å². The van der Waals surface area contributed by atoms with Crippen molar-refractivity contribution in [1.29, 1.82) is 0 Å². The first-order chi connectivity index (χ1) is 16.8. The van der Waals surface area contributed by atoms with E-state index in [1.54, 1.807) is 24.3 Å². The molecule has 3 aromatic carbocycles. The maximum absolute atomic E-state index is 13.1. The van der Waals surface area contributed by atoms with E-state index in [-0.39, 0.29) is 16.9 Å². The lowest BCUT2D eigenvalue weighted by Gasteiger charge is -2.28. The third-order valence-electron chi connectivity index (χ3n) is 5.64. The molecule has 0 saturated carbocycles. The van der Waals surface area contributed by atoms with E-state index in [0.29, 0.717) is 19.5 Å². The quantitative estimate of drug-likeness (QED) is 0.508. The molecule has 1 aliphatic rings. The fourth-order valence-corrected chi connectivity index (χ4v) is 5.24. The van der Waals surface area contributed by atoms with Crippen molar-refractivity contribution < 1.29 is 27.5 Å². The molecule has 9 heteroatoms. The number of carbonyl (C=O) groups is 3. The van der Waals surface area contributed by atoms with Crippen molar-refractivity contribution in [3.05, 3.63) is 101 Å². The molecule has 0 aliphatic carbocycles. The fraction of sp³-hybridized carbons (Fsp3) is 0.192. The Hall–Kier alpha value is -3.82. The zero-order valence-corrected chi connectivity index (χ0v) is 19.7. The summed E-state index contributed by atoms with van der Waals surface area (Å²) in [7, 11) is -3.73. The molecule has 0 fully saturated rings. The molecule has 35 heavy (non-hydrogen) atoms. The molecule has 0 bridgehead atoms. The SMILES string of the molecule is O=C(COC(=O)c1ccc(S(=O)(=O)N2CCc3ccccc3C2)cc1)NC(=O)Cc1ccccc1. The first-order valence-electron chi connectivity index (χ1n) is 11.0. The lowest BCUT2D eigenvalue weighted by molar-refractivity contribution is -0.132. The Balaban J connectivity index is 1.30. The zero-order chi connectivity index (χ0) is 24.8. The Bertz CT molecular complexity index is 1340. The van der Waals surface area contributed by atoms with E-state index in [4.69, 9.17) is 4.74 Å². The van der Waals surface area contributed by atoms with Crippen molar-refractivity contribution in [3.8, 4) is 0 Å². The summed E-state index contributed by atoms with van der Waals surface area (Å²) in [5.74, 6) is -2.05. The number of fused-ring (bicyclic) bond motifs is 1. The van der Waals surface area contributed by atoms with Crippen LogP contribution >= 0.6 is 0 Å². The van der Waals surface area contributed by atoms with E-state index in [2.05, 4.69) is 5.32 Å². The predicted octanol–water partition coefficient (Wildman–Crippen LogP) is 2.48. The first kappa shape index (κ1) is 24.3. The highest BCUT2D eigenvalue weighted by molar-refractivity contribution is 7.89. The number of ether oxygens (including phenoxy) is 1. The van der Waals surface area contributed by atoms with Gasteiger partial charge in [-0.2, -0.15) is 4.31 Å². The molecule has 0 unspecified atom stereocenters. The monoisotopic (exact) mass is 492 g/mol. The summed E-state index contributed by atoms with van der Waals surface area (Å²) in [6.07, 6.45) is 0.662. The van der Waals surface area contributed by atoms with Gasteiger partial charge < -0.3 is 4.74 Å².